The average molecular weight is 574 g/mol. The Morgan fingerprint density at radius 3 is 2.21 bits per heavy atom. The number of hydrogen-bond acceptors (Lipinski definition) is 5. The SMILES string of the molecule is CN1CC(=O)N([C@]23CCC(C)(C)C[C@H]2[C@H]2C(=O)C=C4[C@@]5(C)C=C(C#N)C(=O)C(C)(C)[C@@H]5CC[C@@]4(C)[C@]2(C)CC3)CC1=O. The normalized spacial score (nSPS) is 44.2. The Kier molecular flexibility index (Phi) is 6.05. The number of nitriles is 1. The smallest absolute Gasteiger partial charge is 0.243 e. The van der Waals surface area contributed by atoms with Gasteiger partial charge in [-0.15, -0.1) is 0 Å². The monoisotopic (exact) mass is 573 g/mol. The highest BCUT2D eigenvalue weighted by Gasteiger charge is 2.71. The second-order valence-electron chi connectivity index (χ2n) is 16.6. The largest absolute Gasteiger partial charge is 0.335 e. The molecule has 0 bridgehead atoms. The molecule has 0 aromatic heterocycles. The first-order valence-electron chi connectivity index (χ1n) is 15.9. The lowest BCUT2D eigenvalue weighted by Crippen LogP contribution is -2.72. The number of nitrogens with zero attached hydrogens (tertiary/aromatic N) is 3. The lowest BCUT2D eigenvalue weighted by atomic mass is 9.35. The van der Waals surface area contributed by atoms with E-state index in [0.717, 1.165) is 50.5 Å². The number of hydrogen-bond donors (Lipinski definition) is 0. The number of allylic oxidation sites excluding steroid dienone is 4. The van der Waals surface area contributed by atoms with Gasteiger partial charge in [0.25, 0.3) is 0 Å². The summed E-state index contributed by atoms with van der Waals surface area (Å²) < 4.78 is 0. The lowest BCUT2D eigenvalue weighted by Gasteiger charge is -2.70. The Labute approximate surface area is 250 Å². The number of carbonyl (C=O) groups excluding carboxylic acids is 4. The molecule has 7 heteroatoms. The maximum absolute atomic E-state index is 14.7. The maximum Gasteiger partial charge on any atom is 0.243 e. The third-order valence-corrected chi connectivity index (χ3v) is 13.7. The average Bonchev–Trinajstić information content (AvgIpc) is 2.89. The fourth-order valence-corrected chi connectivity index (χ4v) is 11.2. The van der Waals surface area contributed by atoms with Crippen molar-refractivity contribution < 1.29 is 19.2 Å². The molecular weight excluding hydrogens is 526 g/mol. The zero-order valence-corrected chi connectivity index (χ0v) is 26.7. The predicted octanol–water partition coefficient (Wildman–Crippen LogP) is 5.26. The summed E-state index contributed by atoms with van der Waals surface area (Å²) in [4.78, 5) is 58.0. The van der Waals surface area contributed by atoms with E-state index in [0.29, 0.717) is 0 Å². The number of ketones is 2. The van der Waals surface area contributed by atoms with Gasteiger partial charge >= 0.3 is 0 Å². The van der Waals surface area contributed by atoms with Crippen molar-refractivity contribution in [2.24, 2.45) is 44.8 Å². The molecule has 2 amide bonds. The lowest BCUT2D eigenvalue weighted by molar-refractivity contribution is -0.189. The Morgan fingerprint density at radius 1 is 0.881 bits per heavy atom. The molecule has 0 N–H and O–H groups in total. The molecule has 6 rings (SSSR count). The van der Waals surface area contributed by atoms with E-state index in [1.54, 1.807) is 7.05 Å². The molecule has 5 aliphatic carbocycles. The second kappa shape index (κ2) is 8.67. The fourth-order valence-electron chi connectivity index (χ4n) is 11.2. The van der Waals surface area contributed by atoms with Crippen LogP contribution < -0.4 is 0 Å². The molecule has 4 fully saturated rings. The molecule has 7 nitrogen and oxygen atoms in total. The molecule has 3 saturated carbocycles. The van der Waals surface area contributed by atoms with Crippen LogP contribution >= 0.6 is 0 Å². The van der Waals surface area contributed by atoms with Gasteiger partial charge in [-0.3, -0.25) is 19.2 Å². The molecule has 1 heterocycles. The van der Waals surface area contributed by atoms with E-state index in [-0.39, 0.29) is 76.0 Å². The number of fused-ring (bicyclic) bond motifs is 7. The number of amides is 2. The van der Waals surface area contributed by atoms with Crippen LogP contribution in [0.4, 0.5) is 0 Å². The summed E-state index contributed by atoms with van der Waals surface area (Å²) in [7, 11) is 1.69. The Hall–Kier alpha value is -2.75. The Morgan fingerprint density at radius 2 is 1.55 bits per heavy atom. The third kappa shape index (κ3) is 3.50. The van der Waals surface area contributed by atoms with Crippen LogP contribution in [-0.2, 0) is 19.2 Å². The Bertz CT molecular complexity index is 1420. The molecule has 7 atom stereocenters. The minimum Gasteiger partial charge on any atom is -0.335 e. The van der Waals surface area contributed by atoms with Crippen LogP contribution in [0.25, 0.3) is 0 Å². The molecule has 42 heavy (non-hydrogen) atoms. The van der Waals surface area contributed by atoms with Gasteiger partial charge in [0, 0.05) is 29.3 Å². The number of piperazine rings is 1. The summed E-state index contributed by atoms with van der Waals surface area (Å²) in [5.74, 6) is -0.318. The van der Waals surface area contributed by atoms with Crippen LogP contribution in [0, 0.1) is 56.2 Å². The van der Waals surface area contributed by atoms with Crippen molar-refractivity contribution in [3.8, 4) is 6.07 Å². The second-order valence-corrected chi connectivity index (χ2v) is 16.6. The minimum absolute atomic E-state index is 0.00661. The molecule has 226 valence electrons. The van der Waals surface area contributed by atoms with Gasteiger partial charge in [0.05, 0.1) is 12.1 Å². The van der Waals surface area contributed by atoms with E-state index in [2.05, 4.69) is 40.7 Å². The Balaban J connectivity index is 1.51. The van der Waals surface area contributed by atoms with E-state index >= 15 is 0 Å². The summed E-state index contributed by atoms with van der Waals surface area (Å²) in [5.41, 5.74) is -1.11. The first kappa shape index (κ1) is 29.3. The van der Waals surface area contributed by atoms with Crippen molar-refractivity contribution in [3.05, 3.63) is 23.3 Å². The summed E-state index contributed by atoms with van der Waals surface area (Å²) in [5, 5.41) is 9.95. The van der Waals surface area contributed by atoms with Crippen molar-refractivity contribution in [3.63, 3.8) is 0 Å². The van der Waals surface area contributed by atoms with E-state index in [4.69, 9.17) is 0 Å². The number of carbonyl (C=O) groups is 4. The van der Waals surface area contributed by atoms with Crippen LogP contribution in [0.5, 0.6) is 0 Å². The molecular formula is C35H47N3O4. The molecule has 0 aromatic rings. The van der Waals surface area contributed by atoms with E-state index < -0.39 is 16.4 Å². The maximum atomic E-state index is 14.7. The van der Waals surface area contributed by atoms with Crippen molar-refractivity contribution in [2.45, 2.75) is 99.0 Å². The van der Waals surface area contributed by atoms with Gasteiger partial charge in [-0.25, -0.2) is 0 Å². The van der Waals surface area contributed by atoms with Crippen molar-refractivity contribution in [1.29, 1.82) is 5.26 Å². The first-order valence-corrected chi connectivity index (χ1v) is 15.9. The summed E-state index contributed by atoms with van der Waals surface area (Å²) in [6.07, 6.45) is 9.70. The molecule has 0 radical (unpaired) electrons. The predicted molar refractivity (Wildman–Crippen MR) is 159 cm³/mol. The van der Waals surface area contributed by atoms with Gasteiger partial charge in [-0.2, -0.15) is 5.26 Å². The highest BCUT2D eigenvalue weighted by Crippen LogP contribution is 2.73. The third-order valence-electron chi connectivity index (χ3n) is 13.7. The van der Waals surface area contributed by atoms with Crippen LogP contribution in [0.15, 0.2) is 23.3 Å². The van der Waals surface area contributed by atoms with Crippen LogP contribution in [-0.4, -0.2) is 58.9 Å². The van der Waals surface area contributed by atoms with Gasteiger partial charge in [-0.1, -0.05) is 60.1 Å². The summed E-state index contributed by atoms with van der Waals surface area (Å²) in [6.45, 7) is 15.5. The zero-order chi connectivity index (χ0) is 30.8. The fraction of sp³-hybridized carbons (Fsp3) is 0.743. The molecule has 0 aromatic carbocycles. The zero-order valence-electron chi connectivity index (χ0n) is 26.7. The van der Waals surface area contributed by atoms with Crippen LogP contribution in [0.2, 0.25) is 0 Å². The number of rotatable bonds is 1. The van der Waals surface area contributed by atoms with Gasteiger partial charge in [0.2, 0.25) is 11.8 Å². The minimum atomic E-state index is -0.693. The van der Waals surface area contributed by atoms with Crippen molar-refractivity contribution in [2.75, 3.05) is 20.1 Å². The molecule has 1 saturated heterocycles. The van der Waals surface area contributed by atoms with Crippen LogP contribution in [0.1, 0.15) is 93.4 Å². The van der Waals surface area contributed by atoms with Gasteiger partial charge in [0.1, 0.15) is 12.6 Å². The topological polar surface area (TPSA) is 98.5 Å². The van der Waals surface area contributed by atoms with Crippen LogP contribution in [0.3, 0.4) is 0 Å². The highest BCUT2D eigenvalue weighted by molar-refractivity contribution is 6.04. The van der Waals surface area contributed by atoms with E-state index in [9.17, 15) is 24.4 Å². The quantitative estimate of drug-likeness (QED) is 0.426. The van der Waals surface area contributed by atoms with E-state index in [1.807, 2.05) is 30.9 Å². The number of Topliss-reactive ketones (excluding diaryl/α,β-unsaturated/α-hetero) is 1. The molecule has 6 aliphatic rings. The first-order chi connectivity index (χ1) is 19.4. The van der Waals surface area contributed by atoms with Crippen molar-refractivity contribution >= 4 is 23.4 Å². The summed E-state index contributed by atoms with van der Waals surface area (Å²) in [6, 6.07) is 2.18. The van der Waals surface area contributed by atoms with Gasteiger partial charge < -0.3 is 9.80 Å². The standard InChI is InChI=1S/C35H47N3O4/c1-30(2)11-13-35(38-20-26(40)37(8)19-27(38)41)14-12-34(7)28(22(35)17-30)23(39)15-25-32(5)16-21(18-36)29(42)31(3,4)24(32)9-10-33(25,34)6/h15-16,22,24,28H,9-14,17,19-20H2,1-8H3/t22-,24-,28-,32-,33+,34+,35-/m0/s1. The van der Waals surface area contributed by atoms with Gasteiger partial charge in [-0.05, 0) is 79.1 Å². The molecule has 1 aliphatic heterocycles. The molecule has 0 unspecified atom stereocenters. The summed E-state index contributed by atoms with van der Waals surface area (Å²) >= 11 is 0. The van der Waals surface area contributed by atoms with Gasteiger partial charge in [0.15, 0.2) is 11.6 Å². The highest BCUT2D eigenvalue weighted by atomic mass is 16.2. The number of likely N-dealkylation sites (N-methyl/N-ethyl adjacent to an activating group) is 1. The van der Waals surface area contributed by atoms with Crippen molar-refractivity contribution in [1.82, 2.24) is 9.80 Å². The molecule has 0 spiro atoms. The van der Waals surface area contributed by atoms with E-state index in [1.165, 1.54) is 4.90 Å².